The second-order valence-electron chi connectivity index (χ2n) is 4.39. The van der Waals surface area contributed by atoms with Crippen molar-refractivity contribution in [2.75, 3.05) is 13.2 Å². The Morgan fingerprint density at radius 3 is 2.70 bits per heavy atom. The minimum absolute atomic E-state index is 0.225. The zero-order valence-electron chi connectivity index (χ0n) is 11.2. The van der Waals surface area contributed by atoms with Crippen molar-refractivity contribution in [3.63, 3.8) is 0 Å². The van der Waals surface area contributed by atoms with Crippen molar-refractivity contribution in [3.8, 4) is 5.75 Å². The standard InChI is InChI=1S/C13H17NO6/c1-2-13(20-14(15)16)19-7-10-3-5-11(6-4-10)17-8-12-9-18-12/h3-6,12-13H,2,7-9H2,1H3. The summed E-state index contributed by atoms with van der Waals surface area (Å²) in [6, 6.07) is 7.36. The van der Waals surface area contributed by atoms with Crippen LogP contribution in [0.5, 0.6) is 5.75 Å². The molecule has 0 aromatic heterocycles. The van der Waals surface area contributed by atoms with Crippen LogP contribution in [0.2, 0.25) is 0 Å². The Labute approximate surface area is 116 Å². The van der Waals surface area contributed by atoms with Gasteiger partial charge in [0.1, 0.15) is 18.5 Å². The third kappa shape index (κ3) is 5.02. The van der Waals surface area contributed by atoms with Gasteiger partial charge in [-0.2, -0.15) is 0 Å². The molecular weight excluding hydrogens is 266 g/mol. The van der Waals surface area contributed by atoms with E-state index in [0.29, 0.717) is 13.0 Å². The van der Waals surface area contributed by atoms with Crippen molar-refractivity contribution in [2.45, 2.75) is 32.3 Å². The maximum Gasteiger partial charge on any atom is 0.297 e. The summed E-state index contributed by atoms with van der Waals surface area (Å²) in [6.45, 7) is 3.33. The van der Waals surface area contributed by atoms with Gasteiger partial charge in [0.15, 0.2) is 0 Å². The van der Waals surface area contributed by atoms with Crippen molar-refractivity contribution in [2.24, 2.45) is 0 Å². The molecule has 2 unspecified atom stereocenters. The van der Waals surface area contributed by atoms with Gasteiger partial charge in [-0.05, 0) is 24.1 Å². The lowest BCUT2D eigenvalue weighted by Gasteiger charge is -2.13. The van der Waals surface area contributed by atoms with E-state index in [9.17, 15) is 10.1 Å². The van der Waals surface area contributed by atoms with E-state index in [1.54, 1.807) is 6.92 Å². The molecule has 0 spiro atoms. The molecule has 0 saturated carbocycles. The molecule has 0 aliphatic carbocycles. The van der Waals surface area contributed by atoms with E-state index in [1.165, 1.54) is 0 Å². The third-order valence-corrected chi connectivity index (χ3v) is 2.73. The average Bonchev–Trinajstić information content (AvgIpc) is 3.26. The molecule has 20 heavy (non-hydrogen) atoms. The predicted octanol–water partition coefficient (Wildman–Crippen LogP) is 1.93. The van der Waals surface area contributed by atoms with Gasteiger partial charge >= 0.3 is 0 Å². The van der Waals surface area contributed by atoms with Gasteiger partial charge < -0.3 is 14.2 Å². The first-order valence-corrected chi connectivity index (χ1v) is 6.43. The highest BCUT2D eigenvalue weighted by Gasteiger charge is 2.22. The van der Waals surface area contributed by atoms with Crippen LogP contribution in [-0.2, 0) is 20.9 Å². The first-order chi connectivity index (χ1) is 9.67. The van der Waals surface area contributed by atoms with E-state index >= 15 is 0 Å². The van der Waals surface area contributed by atoms with Crippen LogP contribution in [-0.4, -0.2) is 30.7 Å². The summed E-state index contributed by atoms with van der Waals surface area (Å²) in [5.41, 5.74) is 0.894. The highest BCUT2D eigenvalue weighted by Crippen LogP contribution is 2.16. The van der Waals surface area contributed by atoms with Gasteiger partial charge in [0, 0.05) is 0 Å². The van der Waals surface area contributed by atoms with Crippen LogP contribution >= 0.6 is 0 Å². The molecule has 1 heterocycles. The molecule has 7 nitrogen and oxygen atoms in total. The van der Waals surface area contributed by atoms with E-state index in [-0.39, 0.29) is 12.7 Å². The Balaban J connectivity index is 1.75. The Kier molecular flexibility index (Phi) is 5.14. The van der Waals surface area contributed by atoms with Crippen LogP contribution in [0.25, 0.3) is 0 Å². The van der Waals surface area contributed by atoms with Gasteiger partial charge in [0.05, 0.1) is 13.2 Å². The molecule has 1 aromatic rings. The van der Waals surface area contributed by atoms with E-state index in [4.69, 9.17) is 14.2 Å². The summed E-state index contributed by atoms with van der Waals surface area (Å²) in [4.78, 5) is 14.6. The van der Waals surface area contributed by atoms with Crippen LogP contribution in [0.4, 0.5) is 0 Å². The largest absolute Gasteiger partial charge is 0.491 e. The number of epoxide rings is 1. The molecule has 0 radical (unpaired) electrons. The fraction of sp³-hybridized carbons (Fsp3) is 0.538. The van der Waals surface area contributed by atoms with Gasteiger partial charge in [-0.15, -0.1) is 10.1 Å². The quantitative estimate of drug-likeness (QED) is 0.298. The van der Waals surface area contributed by atoms with E-state index in [0.717, 1.165) is 17.9 Å². The molecule has 7 heteroatoms. The first kappa shape index (κ1) is 14.5. The lowest BCUT2D eigenvalue weighted by atomic mass is 10.2. The van der Waals surface area contributed by atoms with E-state index < -0.39 is 11.4 Å². The highest BCUT2D eigenvalue weighted by atomic mass is 17.0. The smallest absolute Gasteiger partial charge is 0.297 e. The molecular formula is C13H17NO6. The molecule has 0 bridgehead atoms. The fourth-order valence-electron chi connectivity index (χ4n) is 1.54. The molecule has 0 amide bonds. The van der Waals surface area contributed by atoms with Crippen molar-refractivity contribution in [1.82, 2.24) is 0 Å². The molecule has 1 fully saturated rings. The van der Waals surface area contributed by atoms with Gasteiger partial charge in [0.2, 0.25) is 6.29 Å². The fourth-order valence-corrected chi connectivity index (χ4v) is 1.54. The lowest BCUT2D eigenvalue weighted by molar-refractivity contribution is -0.781. The number of hydrogen-bond acceptors (Lipinski definition) is 6. The second kappa shape index (κ2) is 7.06. The number of nitrogens with zero attached hydrogens (tertiary/aromatic N) is 1. The summed E-state index contributed by atoms with van der Waals surface area (Å²) < 4.78 is 15.9. The minimum Gasteiger partial charge on any atom is -0.491 e. The highest BCUT2D eigenvalue weighted by molar-refractivity contribution is 5.26. The molecule has 1 aromatic carbocycles. The molecule has 1 aliphatic rings. The monoisotopic (exact) mass is 283 g/mol. The van der Waals surface area contributed by atoms with Crippen LogP contribution in [0.3, 0.4) is 0 Å². The lowest BCUT2D eigenvalue weighted by Crippen LogP contribution is -2.19. The summed E-state index contributed by atoms with van der Waals surface area (Å²) in [7, 11) is 0. The van der Waals surface area contributed by atoms with Crippen molar-refractivity contribution < 1.29 is 24.1 Å². The topological polar surface area (TPSA) is 83.4 Å². The zero-order chi connectivity index (χ0) is 14.4. The average molecular weight is 283 g/mol. The summed E-state index contributed by atoms with van der Waals surface area (Å²) in [6.07, 6.45) is -0.209. The van der Waals surface area contributed by atoms with Gasteiger partial charge in [-0.3, -0.25) is 4.84 Å². The third-order valence-electron chi connectivity index (χ3n) is 2.73. The minimum atomic E-state index is -0.842. The number of benzene rings is 1. The van der Waals surface area contributed by atoms with Crippen LogP contribution in [0.15, 0.2) is 24.3 Å². The maximum absolute atomic E-state index is 10.2. The van der Waals surface area contributed by atoms with E-state index in [2.05, 4.69) is 4.84 Å². The Morgan fingerprint density at radius 2 is 2.15 bits per heavy atom. The Morgan fingerprint density at radius 1 is 1.45 bits per heavy atom. The Hall–Kier alpha value is -1.86. The molecule has 110 valence electrons. The van der Waals surface area contributed by atoms with Crippen LogP contribution in [0.1, 0.15) is 18.9 Å². The van der Waals surface area contributed by atoms with Crippen LogP contribution in [0, 0.1) is 10.1 Å². The van der Waals surface area contributed by atoms with Gasteiger partial charge in [-0.25, -0.2) is 0 Å². The molecule has 2 atom stereocenters. The van der Waals surface area contributed by atoms with Crippen LogP contribution < -0.4 is 4.74 Å². The first-order valence-electron chi connectivity index (χ1n) is 6.43. The molecule has 1 saturated heterocycles. The van der Waals surface area contributed by atoms with Gasteiger partial charge in [0.25, 0.3) is 5.09 Å². The summed E-state index contributed by atoms with van der Waals surface area (Å²) in [5.74, 6) is 0.762. The number of hydrogen-bond donors (Lipinski definition) is 0. The summed E-state index contributed by atoms with van der Waals surface area (Å²) >= 11 is 0. The van der Waals surface area contributed by atoms with Gasteiger partial charge in [-0.1, -0.05) is 19.1 Å². The van der Waals surface area contributed by atoms with E-state index in [1.807, 2.05) is 24.3 Å². The maximum atomic E-state index is 10.2. The van der Waals surface area contributed by atoms with Crippen molar-refractivity contribution in [3.05, 3.63) is 39.9 Å². The van der Waals surface area contributed by atoms with Crippen molar-refractivity contribution >= 4 is 0 Å². The Bertz CT molecular complexity index is 431. The normalized spacial score (nSPS) is 18.4. The molecule has 0 N–H and O–H groups in total. The number of rotatable bonds is 9. The molecule has 1 aliphatic heterocycles. The zero-order valence-corrected chi connectivity index (χ0v) is 11.2. The number of ether oxygens (including phenoxy) is 3. The summed E-state index contributed by atoms with van der Waals surface area (Å²) in [5, 5.41) is 9.39. The van der Waals surface area contributed by atoms with Crippen molar-refractivity contribution in [1.29, 1.82) is 0 Å². The predicted molar refractivity (Wildman–Crippen MR) is 68.6 cm³/mol. The molecule has 2 rings (SSSR count). The SMILES string of the molecule is CCC(OCc1ccc(OCC2CO2)cc1)O[N+](=O)[O-]. The second-order valence-corrected chi connectivity index (χ2v) is 4.39.